The molecule has 0 bridgehead atoms. The predicted molar refractivity (Wildman–Crippen MR) is 87.5 cm³/mol. The van der Waals surface area contributed by atoms with Crippen molar-refractivity contribution < 1.29 is 0 Å². The van der Waals surface area contributed by atoms with Crippen LogP contribution in [0, 0.1) is 13.8 Å². The number of hydrogen-bond acceptors (Lipinski definition) is 2. The van der Waals surface area contributed by atoms with E-state index in [0.29, 0.717) is 11.3 Å². The number of benzene rings is 2. The van der Waals surface area contributed by atoms with Gasteiger partial charge in [-0.25, -0.2) is 0 Å². The summed E-state index contributed by atoms with van der Waals surface area (Å²) >= 11 is 2.01. The minimum Gasteiger partial charge on any atom is -0.312 e. The van der Waals surface area contributed by atoms with E-state index in [4.69, 9.17) is 0 Å². The molecule has 0 radical (unpaired) electrons. The van der Waals surface area contributed by atoms with Gasteiger partial charge in [0.2, 0.25) is 0 Å². The van der Waals surface area contributed by atoms with E-state index in [0.717, 1.165) is 6.42 Å². The summed E-state index contributed by atoms with van der Waals surface area (Å²) < 4.78 is 0. The lowest BCUT2D eigenvalue weighted by Gasteiger charge is -2.23. The molecule has 1 aliphatic heterocycles. The van der Waals surface area contributed by atoms with Crippen LogP contribution in [-0.2, 0) is 6.42 Å². The molecule has 0 aromatic heterocycles. The average Bonchev–Trinajstić information content (AvgIpc) is 2.81. The molecule has 0 spiro atoms. The van der Waals surface area contributed by atoms with Crippen molar-refractivity contribution in [2.75, 3.05) is 7.05 Å². The first-order valence-electron chi connectivity index (χ1n) is 7.17. The summed E-state index contributed by atoms with van der Waals surface area (Å²) in [5.74, 6) is 0. The lowest BCUT2D eigenvalue weighted by Crippen LogP contribution is -2.27. The zero-order valence-electron chi connectivity index (χ0n) is 12.3. The van der Waals surface area contributed by atoms with Crippen molar-refractivity contribution in [3.8, 4) is 0 Å². The van der Waals surface area contributed by atoms with Gasteiger partial charge in [-0.05, 0) is 44.5 Å². The smallest absolute Gasteiger partial charge is 0.0445 e. The van der Waals surface area contributed by atoms with Gasteiger partial charge in [0, 0.05) is 16.2 Å². The Hall–Kier alpha value is -1.25. The quantitative estimate of drug-likeness (QED) is 0.902. The molecule has 1 heterocycles. The Morgan fingerprint density at radius 2 is 1.80 bits per heavy atom. The van der Waals surface area contributed by atoms with E-state index in [-0.39, 0.29) is 0 Å². The largest absolute Gasteiger partial charge is 0.312 e. The van der Waals surface area contributed by atoms with Gasteiger partial charge in [-0.2, -0.15) is 0 Å². The van der Waals surface area contributed by atoms with E-state index in [1.54, 1.807) is 0 Å². The summed E-state index contributed by atoms with van der Waals surface area (Å²) in [6.45, 7) is 4.36. The van der Waals surface area contributed by atoms with Crippen molar-refractivity contribution in [1.29, 1.82) is 0 Å². The van der Waals surface area contributed by atoms with Crippen molar-refractivity contribution in [2.24, 2.45) is 0 Å². The van der Waals surface area contributed by atoms with Crippen LogP contribution in [-0.4, -0.2) is 12.3 Å². The number of hydrogen-bond donors (Lipinski definition) is 1. The van der Waals surface area contributed by atoms with E-state index in [1.165, 1.54) is 27.1 Å². The van der Waals surface area contributed by atoms with Crippen LogP contribution in [0.25, 0.3) is 0 Å². The highest BCUT2D eigenvalue weighted by atomic mass is 32.2. The maximum atomic E-state index is 3.53. The summed E-state index contributed by atoms with van der Waals surface area (Å²) in [7, 11) is 2.08. The number of aryl methyl sites for hydroxylation is 2. The second kappa shape index (κ2) is 5.63. The molecule has 2 aromatic rings. The summed E-state index contributed by atoms with van der Waals surface area (Å²) in [5.41, 5.74) is 5.60. The van der Waals surface area contributed by atoms with Gasteiger partial charge < -0.3 is 5.32 Å². The molecule has 0 amide bonds. The number of thioether (sulfide) groups is 1. The second-order valence-electron chi connectivity index (χ2n) is 5.66. The standard InChI is InChI=1S/C18H21NS/c1-12-8-13(2)10-15(9-12)18(19-3)17-11-14-6-4-5-7-16(14)20-17/h4-10,17-19H,11H2,1-3H3. The van der Waals surface area contributed by atoms with Crippen LogP contribution in [0.5, 0.6) is 0 Å². The summed E-state index contributed by atoms with van der Waals surface area (Å²) in [6, 6.07) is 16.1. The molecular formula is C18H21NS. The van der Waals surface area contributed by atoms with Crippen molar-refractivity contribution in [3.63, 3.8) is 0 Å². The number of fused-ring (bicyclic) bond motifs is 1. The van der Waals surface area contributed by atoms with Crippen molar-refractivity contribution in [3.05, 3.63) is 64.7 Å². The van der Waals surface area contributed by atoms with Crippen LogP contribution in [0.4, 0.5) is 0 Å². The Labute approximate surface area is 125 Å². The van der Waals surface area contributed by atoms with E-state index in [1.807, 2.05) is 11.8 Å². The fraction of sp³-hybridized carbons (Fsp3) is 0.333. The highest BCUT2D eigenvalue weighted by Gasteiger charge is 2.29. The van der Waals surface area contributed by atoms with Gasteiger partial charge in [0.25, 0.3) is 0 Å². The molecule has 1 nitrogen and oxygen atoms in total. The maximum absolute atomic E-state index is 3.53. The van der Waals surface area contributed by atoms with Crippen molar-refractivity contribution in [2.45, 2.75) is 36.5 Å². The van der Waals surface area contributed by atoms with Gasteiger partial charge in [0.15, 0.2) is 0 Å². The minimum absolute atomic E-state index is 0.408. The van der Waals surface area contributed by atoms with Crippen LogP contribution < -0.4 is 5.32 Å². The van der Waals surface area contributed by atoms with Gasteiger partial charge in [0.05, 0.1) is 0 Å². The number of nitrogens with one attached hydrogen (secondary N) is 1. The fourth-order valence-corrected chi connectivity index (χ4v) is 4.63. The van der Waals surface area contributed by atoms with E-state index < -0.39 is 0 Å². The van der Waals surface area contributed by atoms with Crippen LogP contribution in [0.3, 0.4) is 0 Å². The third-order valence-electron chi connectivity index (χ3n) is 3.96. The Balaban J connectivity index is 1.88. The average molecular weight is 283 g/mol. The molecule has 0 fully saturated rings. The van der Waals surface area contributed by atoms with Gasteiger partial charge in [-0.15, -0.1) is 11.8 Å². The van der Waals surface area contributed by atoms with E-state index in [9.17, 15) is 0 Å². The minimum atomic E-state index is 0.408. The van der Waals surface area contributed by atoms with Crippen LogP contribution in [0.2, 0.25) is 0 Å². The molecule has 20 heavy (non-hydrogen) atoms. The summed E-state index contributed by atoms with van der Waals surface area (Å²) in [5, 5.41) is 4.11. The lowest BCUT2D eigenvalue weighted by molar-refractivity contribution is 0.568. The molecule has 3 rings (SSSR count). The molecule has 2 atom stereocenters. The fourth-order valence-electron chi connectivity index (χ4n) is 3.15. The molecular weight excluding hydrogens is 262 g/mol. The van der Waals surface area contributed by atoms with Gasteiger partial charge >= 0.3 is 0 Å². The lowest BCUT2D eigenvalue weighted by atomic mass is 9.96. The summed E-state index contributed by atoms with van der Waals surface area (Å²) in [6.07, 6.45) is 1.15. The molecule has 0 saturated carbocycles. The first kappa shape index (κ1) is 13.7. The SMILES string of the molecule is CNC(c1cc(C)cc(C)c1)C1Cc2ccccc2S1. The molecule has 1 aliphatic rings. The third-order valence-corrected chi connectivity index (χ3v) is 5.35. The molecule has 2 aromatic carbocycles. The molecule has 2 heteroatoms. The Kier molecular flexibility index (Phi) is 3.86. The molecule has 1 N–H and O–H groups in total. The second-order valence-corrected chi connectivity index (χ2v) is 6.94. The molecule has 0 saturated heterocycles. The monoisotopic (exact) mass is 283 g/mol. The van der Waals surface area contributed by atoms with E-state index in [2.05, 4.69) is 68.7 Å². The zero-order chi connectivity index (χ0) is 14.1. The van der Waals surface area contributed by atoms with Gasteiger partial charge in [0.1, 0.15) is 0 Å². The van der Waals surface area contributed by atoms with Gasteiger partial charge in [-0.1, -0.05) is 47.5 Å². The third kappa shape index (κ3) is 2.63. The highest BCUT2D eigenvalue weighted by molar-refractivity contribution is 8.00. The first-order valence-corrected chi connectivity index (χ1v) is 8.05. The highest BCUT2D eigenvalue weighted by Crippen LogP contribution is 2.42. The van der Waals surface area contributed by atoms with E-state index >= 15 is 0 Å². The predicted octanol–water partition coefficient (Wildman–Crippen LogP) is 4.28. The Morgan fingerprint density at radius 3 is 2.45 bits per heavy atom. The first-order chi connectivity index (χ1) is 9.67. The number of rotatable bonds is 3. The zero-order valence-corrected chi connectivity index (χ0v) is 13.1. The van der Waals surface area contributed by atoms with Crippen LogP contribution >= 0.6 is 11.8 Å². The van der Waals surface area contributed by atoms with Crippen molar-refractivity contribution in [1.82, 2.24) is 5.32 Å². The van der Waals surface area contributed by atoms with Crippen LogP contribution in [0.15, 0.2) is 47.4 Å². The molecule has 104 valence electrons. The Morgan fingerprint density at radius 1 is 1.10 bits per heavy atom. The van der Waals surface area contributed by atoms with Crippen LogP contribution in [0.1, 0.15) is 28.3 Å². The maximum Gasteiger partial charge on any atom is 0.0445 e. The molecule has 2 unspecified atom stereocenters. The molecule has 0 aliphatic carbocycles. The summed E-state index contributed by atoms with van der Waals surface area (Å²) in [4.78, 5) is 1.45. The van der Waals surface area contributed by atoms with Crippen molar-refractivity contribution >= 4 is 11.8 Å². The topological polar surface area (TPSA) is 12.0 Å². The Bertz CT molecular complexity index is 575. The normalized spacial score (nSPS) is 18.9. The van der Waals surface area contributed by atoms with Gasteiger partial charge in [-0.3, -0.25) is 0 Å².